The molecule has 0 aliphatic heterocycles. The molecule has 2 N–H and O–H groups in total. The van der Waals surface area contributed by atoms with E-state index in [4.69, 9.17) is 23.2 Å². The molecule has 1 radical (unpaired) electrons. The molecule has 6 heteroatoms. The topological polar surface area (TPSA) is 58.2 Å². The van der Waals surface area contributed by atoms with Crippen LogP contribution in [-0.2, 0) is 16.1 Å². The summed E-state index contributed by atoms with van der Waals surface area (Å²) in [6.45, 7) is 4.09. The predicted molar refractivity (Wildman–Crippen MR) is 100 cm³/mol. The number of amides is 2. The van der Waals surface area contributed by atoms with Gasteiger partial charge in [0.05, 0.1) is 6.04 Å². The normalized spacial score (nSPS) is 12.0. The highest BCUT2D eigenvalue weighted by molar-refractivity contribution is 6.33. The summed E-state index contributed by atoms with van der Waals surface area (Å²) in [5.41, 5.74) is 1.58. The van der Waals surface area contributed by atoms with E-state index in [0.717, 1.165) is 17.7 Å². The Morgan fingerprint density at radius 1 is 1.04 bits per heavy atom. The van der Waals surface area contributed by atoms with Gasteiger partial charge in [-0.25, -0.2) is 0 Å². The molecule has 0 aromatic heterocycles. The molecule has 0 heterocycles. The fraction of sp³-hybridized carbons (Fsp3) is 0.105. The summed E-state index contributed by atoms with van der Waals surface area (Å²) >= 11 is 11.9. The van der Waals surface area contributed by atoms with Crippen molar-refractivity contribution < 1.29 is 9.59 Å². The van der Waals surface area contributed by atoms with Gasteiger partial charge < -0.3 is 10.6 Å². The zero-order valence-corrected chi connectivity index (χ0v) is 14.8. The minimum atomic E-state index is -0.411. The van der Waals surface area contributed by atoms with E-state index in [0.29, 0.717) is 15.6 Å². The third-order valence-corrected chi connectivity index (χ3v) is 3.97. The summed E-state index contributed by atoms with van der Waals surface area (Å²) in [5.74, 6) is -0.814. The smallest absolute Gasteiger partial charge is 0.244 e. The first-order valence-electron chi connectivity index (χ1n) is 7.54. The molecular formula is C19H17Cl2N2O2. The van der Waals surface area contributed by atoms with Gasteiger partial charge in [0.1, 0.15) is 0 Å². The van der Waals surface area contributed by atoms with Crippen molar-refractivity contribution in [1.29, 1.82) is 0 Å². The van der Waals surface area contributed by atoms with Crippen molar-refractivity contribution in [1.82, 2.24) is 10.6 Å². The Morgan fingerprint density at radius 2 is 1.72 bits per heavy atom. The van der Waals surface area contributed by atoms with E-state index < -0.39 is 17.9 Å². The number of halogens is 2. The first-order chi connectivity index (χ1) is 12.0. The first-order valence-corrected chi connectivity index (χ1v) is 8.29. The van der Waals surface area contributed by atoms with E-state index in [1.165, 1.54) is 0 Å². The number of hydrogen-bond acceptors (Lipinski definition) is 2. The minimum Gasteiger partial charge on any atom is -0.348 e. The third kappa shape index (κ3) is 6.25. The standard InChI is InChI=1S/C19H17Cl2N2O2/c1-13(14-5-3-2-4-6-14)23-19(25)10-9-18(24)22-12-15-11-16(20)7-8-17(15)21/h2-11,13H,1,12H2,(H,22,24)(H,23,25)/b10-9+/t13-/m1/s1. The number of nitrogens with one attached hydrogen (secondary N) is 2. The van der Waals surface area contributed by atoms with Crippen molar-refractivity contribution in [2.75, 3.05) is 0 Å². The largest absolute Gasteiger partial charge is 0.348 e. The fourth-order valence-electron chi connectivity index (χ4n) is 2.06. The maximum Gasteiger partial charge on any atom is 0.244 e. The highest BCUT2D eigenvalue weighted by atomic mass is 35.5. The number of rotatable bonds is 6. The zero-order chi connectivity index (χ0) is 18.2. The molecule has 1 atom stereocenters. The van der Waals surface area contributed by atoms with Gasteiger partial charge in [0.2, 0.25) is 11.8 Å². The van der Waals surface area contributed by atoms with Crippen LogP contribution < -0.4 is 10.6 Å². The van der Waals surface area contributed by atoms with Crippen molar-refractivity contribution in [2.45, 2.75) is 12.6 Å². The average Bonchev–Trinajstić information content (AvgIpc) is 2.61. The van der Waals surface area contributed by atoms with Gasteiger partial charge >= 0.3 is 0 Å². The Hall–Kier alpha value is -2.30. The maximum absolute atomic E-state index is 11.8. The summed E-state index contributed by atoms with van der Waals surface area (Å²) in [6, 6.07) is 13.9. The average molecular weight is 376 g/mol. The Morgan fingerprint density at radius 3 is 2.44 bits per heavy atom. The van der Waals surface area contributed by atoms with E-state index in [1.807, 2.05) is 30.3 Å². The quantitative estimate of drug-likeness (QED) is 0.753. The summed E-state index contributed by atoms with van der Waals surface area (Å²) in [7, 11) is 0. The molecule has 0 spiro atoms. The molecule has 0 fully saturated rings. The van der Waals surface area contributed by atoms with Crippen molar-refractivity contribution in [3.63, 3.8) is 0 Å². The molecule has 2 amide bonds. The molecule has 0 saturated carbocycles. The zero-order valence-electron chi connectivity index (χ0n) is 13.3. The summed E-state index contributed by atoms with van der Waals surface area (Å²) in [5, 5.41) is 6.37. The SMILES string of the molecule is [CH2][C@@H](NC(=O)/C=C/C(=O)NCc1cc(Cl)ccc1Cl)c1ccccc1. The lowest BCUT2D eigenvalue weighted by molar-refractivity contribution is -0.119. The Kier molecular flexibility index (Phi) is 7.04. The predicted octanol–water partition coefficient (Wildman–Crippen LogP) is 3.86. The molecular weight excluding hydrogens is 359 g/mol. The Balaban J connectivity index is 1.83. The Bertz CT molecular complexity index is 776. The van der Waals surface area contributed by atoms with Crippen LogP contribution in [-0.4, -0.2) is 11.8 Å². The van der Waals surface area contributed by atoms with E-state index >= 15 is 0 Å². The minimum absolute atomic E-state index is 0.214. The summed E-state index contributed by atoms with van der Waals surface area (Å²) in [4.78, 5) is 23.7. The van der Waals surface area contributed by atoms with E-state index in [1.54, 1.807) is 18.2 Å². The van der Waals surface area contributed by atoms with Crippen LogP contribution in [0, 0.1) is 6.92 Å². The van der Waals surface area contributed by atoms with E-state index in [2.05, 4.69) is 17.6 Å². The van der Waals surface area contributed by atoms with E-state index in [9.17, 15) is 9.59 Å². The van der Waals surface area contributed by atoms with Gasteiger partial charge in [-0.3, -0.25) is 9.59 Å². The molecule has 0 bridgehead atoms. The summed E-state index contributed by atoms with van der Waals surface area (Å²) < 4.78 is 0. The van der Waals surface area contributed by atoms with Crippen LogP contribution in [0.1, 0.15) is 17.2 Å². The van der Waals surface area contributed by atoms with Crippen LogP contribution in [0.5, 0.6) is 0 Å². The molecule has 0 aliphatic rings. The monoisotopic (exact) mass is 375 g/mol. The van der Waals surface area contributed by atoms with Gasteiger partial charge in [-0.05, 0) is 36.2 Å². The van der Waals surface area contributed by atoms with Crippen LogP contribution in [0.3, 0.4) is 0 Å². The molecule has 2 rings (SSSR count). The second-order valence-corrected chi connectivity index (χ2v) is 6.10. The molecule has 2 aromatic carbocycles. The fourth-order valence-corrected chi connectivity index (χ4v) is 2.44. The van der Waals surface area contributed by atoms with Crippen LogP contribution in [0.25, 0.3) is 0 Å². The van der Waals surface area contributed by atoms with Crippen molar-refractivity contribution in [2.24, 2.45) is 0 Å². The lowest BCUT2D eigenvalue weighted by Crippen LogP contribution is -2.26. The molecule has 129 valence electrons. The van der Waals surface area contributed by atoms with Gasteiger partial charge in [0.15, 0.2) is 0 Å². The number of hydrogen-bond donors (Lipinski definition) is 2. The third-order valence-electron chi connectivity index (χ3n) is 3.37. The van der Waals surface area contributed by atoms with Gasteiger partial charge in [-0.1, -0.05) is 53.5 Å². The molecule has 0 aliphatic carbocycles. The highest BCUT2D eigenvalue weighted by Crippen LogP contribution is 2.20. The van der Waals surface area contributed by atoms with E-state index in [-0.39, 0.29) is 6.54 Å². The first kappa shape index (κ1) is 19.0. The lowest BCUT2D eigenvalue weighted by Gasteiger charge is -2.12. The second-order valence-electron chi connectivity index (χ2n) is 5.26. The van der Waals surface area contributed by atoms with Crippen LogP contribution in [0.2, 0.25) is 10.0 Å². The number of carbonyl (C=O) groups is 2. The molecule has 2 aromatic rings. The van der Waals surface area contributed by atoms with Gasteiger partial charge in [-0.15, -0.1) is 0 Å². The van der Waals surface area contributed by atoms with Crippen molar-refractivity contribution in [3.05, 3.63) is 88.8 Å². The van der Waals surface area contributed by atoms with Crippen LogP contribution >= 0.6 is 23.2 Å². The van der Waals surface area contributed by atoms with Crippen molar-refractivity contribution in [3.8, 4) is 0 Å². The molecule has 4 nitrogen and oxygen atoms in total. The van der Waals surface area contributed by atoms with Crippen LogP contribution in [0.15, 0.2) is 60.7 Å². The molecule has 25 heavy (non-hydrogen) atoms. The number of carbonyl (C=O) groups excluding carboxylic acids is 2. The van der Waals surface area contributed by atoms with Gasteiger partial charge in [0.25, 0.3) is 0 Å². The van der Waals surface area contributed by atoms with Crippen molar-refractivity contribution >= 4 is 35.0 Å². The van der Waals surface area contributed by atoms with Crippen LogP contribution in [0.4, 0.5) is 0 Å². The molecule has 0 saturated heterocycles. The second kappa shape index (κ2) is 9.25. The van der Waals surface area contributed by atoms with Gasteiger partial charge in [0, 0.05) is 28.7 Å². The summed E-state index contributed by atoms with van der Waals surface area (Å²) in [6.07, 6.45) is 2.32. The Labute approximate surface area is 156 Å². The maximum atomic E-state index is 11.8. The lowest BCUT2D eigenvalue weighted by atomic mass is 10.1. The van der Waals surface area contributed by atoms with Gasteiger partial charge in [-0.2, -0.15) is 0 Å². The molecule has 0 unspecified atom stereocenters. The number of benzene rings is 2. The highest BCUT2D eigenvalue weighted by Gasteiger charge is 2.07.